The van der Waals surface area contributed by atoms with Crippen LogP contribution in [0.2, 0.25) is 0 Å². The molecule has 1 saturated heterocycles. The average Bonchev–Trinajstić information content (AvgIpc) is 3.43. The monoisotopic (exact) mass is 470 g/mol. The highest BCUT2D eigenvalue weighted by Crippen LogP contribution is 2.29. The Labute approximate surface area is 191 Å². The molecule has 5 rings (SSSR count). The number of imidazole rings is 1. The van der Waals surface area contributed by atoms with Crippen molar-refractivity contribution >= 4 is 39.4 Å². The lowest BCUT2D eigenvalue weighted by atomic mass is 10.2. The molecule has 4 aromatic rings. The Morgan fingerprint density at radius 1 is 0.971 bits per heavy atom. The highest BCUT2D eigenvalue weighted by atomic mass is 19.4. The van der Waals surface area contributed by atoms with E-state index in [0.29, 0.717) is 37.6 Å². The van der Waals surface area contributed by atoms with Gasteiger partial charge in [0.05, 0.1) is 17.6 Å². The molecule has 0 radical (unpaired) electrons. The number of para-hydroxylation sites is 1. The summed E-state index contributed by atoms with van der Waals surface area (Å²) in [5, 5.41) is 3.68. The Kier molecular flexibility index (Phi) is 5.48. The fourth-order valence-electron chi connectivity index (χ4n) is 4.09. The van der Waals surface area contributed by atoms with Crippen LogP contribution in [0.1, 0.15) is 16.3 Å². The van der Waals surface area contributed by atoms with Gasteiger partial charge in [-0.2, -0.15) is 13.2 Å². The molecule has 0 atom stereocenters. The molecule has 2 aromatic heterocycles. The second-order valence-electron chi connectivity index (χ2n) is 8.20. The molecular formula is C23H21F3N6O2. The quantitative estimate of drug-likeness (QED) is 0.426. The van der Waals surface area contributed by atoms with Gasteiger partial charge in [-0.05, 0) is 30.3 Å². The molecule has 1 aliphatic heterocycles. The Bertz CT molecular complexity index is 1340. The Morgan fingerprint density at radius 2 is 1.74 bits per heavy atom. The Hall–Kier alpha value is -3.86. The van der Waals surface area contributed by atoms with Crippen LogP contribution in [0.5, 0.6) is 0 Å². The number of aromatic amines is 2. The molecule has 0 spiro atoms. The zero-order valence-electron chi connectivity index (χ0n) is 17.9. The molecule has 0 saturated carbocycles. The number of nitrogens with one attached hydrogen (secondary N) is 3. The van der Waals surface area contributed by atoms with E-state index in [1.165, 1.54) is 18.2 Å². The minimum absolute atomic E-state index is 0.0774. The molecule has 0 unspecified atom stereocenters. The van der Waals surface area contributed by atoms with Crippen molar-refractivity contribution in [3.63, 3.8) is 0 Å². The molecule has 2 aromatic carbocycles. The maximum absolute atomic E-state index is 12.8. The molecule has 176 valence electrons. The smallest absolute Gasteiger partial charge is 0.351 e. The van der Waals surface area contributed by atoms with E-state index in [1.807, 2.05) is 35.2 Å². The molecule has 1 aliphatic rings. The first-order valence-electron chi connectivity index (χ1n) is 10.7. The van der Waals surface area contributed by atoms with Crippen LogP contribution in [-0.2, 0) is 11.0 Å². The second kappa shape index (κ2) is 8.49. The number of amides is 2. The van der Waals surface area contributed by atoms with Crippen LogP contribution < -0.4 is 5.32 Å². The summed E-state index contributed by atoms with van der Waals surface area (Å²) < 4.78 is 38.5. The number of piperazine rings is 1. The zero-order chi connectivity index (χ0) is 23.9. The molecule has 11 heteroatoms. The van der Waals surface area contributed by atoms with Crippen molar-refractivity contribution in [2.45, 2.75) is 6.18 Å². The summed E-state index contributed by atoms with van der Waals surface area (Å²) in [5.74, 6) is -1.44. The van der Waals surface area contributed by atoms with Gasteiger partial charge >= 0.3 is 6.18 Å². The summed E-state index contributed by atoms with van der Waals surface area (Å²) in [6.07, 6.45) is -4.57. The fourth-order valence-corrected chi connectivity index (χ4v) is 4.09. The van der Waals surface area contributed by atoms with E-state index in [9.17, 15) is 22.8 Å². The summed E-state index contributed by atoms with van der Waals surface area (Å²) in [6, 6.07) is 13.9. The predicted molar refractivity (Wildman–Crippen MR) is 120 cm³/mol. The third kappa shape index (κ3) is 4.46. The average molecular weight is 470 g/mol. The third-order valence-corrected chi connectivity index (χ3v) is 5.82. The van der Waals surface area contributed by atoms with Crippen LogP contribution in [0.25, 0.3) is 21.9 Å². The van der Waals surface area contributed by atoms with E-state index >= 15 is 0 Å². The van der Waals surface area contributed by atoms with Crippen molar-refractivity contribution in [2.24, 2.45) is 0 Å². The van der Waals surface area contributed by atoms with Gasteiger partial charge < -0.3 is 20.2 Å². The van der Waals surface area contributed by atoms with Crippen molar-refractivity contribution in [3.8, 4) is 0 Å². The normalized spacial score (nSPS) is 15.2. The van der Waals surface area contributed by atoms with E-state index in [2.05, 4.69) is 20.3 Å². The molecule has 34 heavy (non-hydrogen) atoms. The lowest BCUT2D eigenvalue weighted by Gasteiger charge is -2.34. The van der Waals surface area contributed by atoms with Gasteiger partial charge in [0.15, 0.2) is 0 Å². The lowest BCUT2D eigenvalue weighted by Crippen LogP contribution is -2.50. The fraction of sp³-hybridized carbons (Fsp3) is 0.261. The standard InChI is InChI=1S/C23H21F3N6O2/c24-23(25,26)22-29-17-6-5-15(12-18(17)30-22)27-20(33)13-31-7-9-32(10-8-31)21(34)19-11-14-3-1-2-4-16(14)28-19/h1-6,11-12,28H,7-10,13H2,(H,27,33)(H,29,30). The van der Waals surface area contributed by atoms with Gasteiger partial charge in [-0.25, -0.2) is 4.98 Å². The minimum Gasteiger partial charge on any atom is -0.351 e. The molecular weight excluding hydrogens is 449 g/mol. The molecule has 2 amide bonds. The minimum atomic E-state index is -4.57. The summed E-state index contributed by atoms with van der Waals surface area (Å²) in [5.41, 5.74) is 2.18. The van der Waals surface area contributed by atoms with E-state index in [1.54, 1.807) is 4.90 Å². The van der Waals surface area contributed by atoms with Crippen LogP contribution in [0.15, 0.2) is 48.5 Å². The van der Waals surface area contributed by atoms with Crippen molar-refractivity contribution < 1.29 is 22.8 Å². The third-order valence-electron chi connectivity index (χ3n) is 5.82. The zero-order valence-corrected chi connectivity index (χ0v) is 17.9. The largest absolute Gasteiger partial charge is 0.449 e. The lowest BCUT2D eigenvalue weighted by molar-refractivity contribution is -0.144. The SMILES string of the molecule is O=C(CN1CCN(C(=O)c2cc3ccccc3[nH]2)CC1)Nc1ccc2nc(C(F)(F)F)[nH]c2c1. The number of carbonyl (C=O) groups is 2. The maximum atomic E-state index is 12.8. The number of rotatable bonds is 4. The predicted octanol–water partition coefficient (Wildman–Crippen LogP) is 3.46. The van der Waals surface area contributed by atoms with Crippen LogP contribution in [0, 0.1) is 0 Å². The van der Waals surface area contributed by atoms with Crippen LogP contribution in [0.3, 0.4) is 0 Å². The second-order valence-corrected chi connectivity index (χ2v) is 8.20. The highest BCUT2D eigenvalue weighted by Gasteiger charge is 2.34. The first-order valence-corrected chi connectivity index (χ1v) is 10.7. The first-order chi connectivity index (χ1) is 16.3. The summed E-state index contributed by atoms with van der Waals surface area (Å²) in [4.78, 5) is 37.9. The number of hydrogen-bond acceptors (Lipinski definition) is 4. The van der Waals surface area contributed by atoms with Gasteiger partial charge in [0.25, 0.3) is 5.91 Å². The van der Waals surface area contributed by atoms with Crippen LogP contribution in [0.4, 0.5) is 18.9 Å². The van der Waals surface area contributed by atoms with Gasteiger partial charge in [-0.15, -0.1) is 0 Å². The van der Waals surface area contributed by atoms with E-state index in [4.69, 9.17) is 0 Å². The van der Waals surface area contributed by atoms with Gasteiger partial charge in [-0.3, -0.25) is 14.5 Å². The first kappa shape index (κ1) is 22.0. The topological polar surface area (TPSA) is 97.1 Å². The number of anilines is 1. The number of halogens is 3. The molecule has 8 nitrogen and oxygen atoms in total. The maximum Gasteiger partial charge on any atom is 0.449 e. The highest BCUT2D eigenvalue weighted by molar-refractivity contribution is 5.98. The summed E-state index contributed by atoms with van der Waals surface area (Å²) in [7, 11) is 0. The molecule has 3 N–H and O–H groups in total. The number of fused-ring (bicyclic) bond motifs is 2. The molecule has 0 aliphatic carbocycles. The van der Waals surface area contributed by atoms with Crippen molar-refractivity contribution in [1.82, 2.24) is 24.8 Å². The number of benzene rings is 2. The Balaban J connectivity index is 1.15. The van der Waals surface area contributed by atoms with Gasteiger partial charge in [0, 0.05) is 42.8 Å². The van der Waals surface area contributed by atoms with Gasteiger partial charge in [-0.1, -0.05) is 18.2 Å². The number of alkyl halides is 3. The summed E-state index contributed by atoms with van der Waals surface area (Å²) in [6.45, 7) is 2.16. The number of aromatic nitrogens is 3. The van der Waals surface area contributed by atoms with Crippen molar-refractivity contribution in [3.05, 3.63) is 60.0 Å². The number of carbonyl (C=O) groups excluding carboxylic acids is 2. The summed E-state index contributed by atoms with van der Waals surface area (Å²) >= 11 is 0. The Morgan fingerprint density at radius 3 is 2.47 bits per heavy atom. The van der Waals surface area contributed by atoms with Crippen molar-refractivity contribution in [2.75, 3.05) is 38.0 Å². The van der Waals surface area contributed by atoms with Gasteiger partial charge in [0.2, 0.25) is 11.7 Å². The molecule has 0 bridgehead atoms. The van der Waals surface area contributed by atoms with Gasteiger partial charge in [0.1, 0.15) is 5.69 Å². The van der Waals surface area contributed by atoms with Crippen LogP contribution in [-0.4, -0.2) is 69.3 Å². The molecule has 3 heterocycles. The molecule has 1 fully saturated rings. The van der Waals surface area contributed by atoms with E-state index < -0.39 is 12.0 Å². The van der Waals surface area contributed by atoms with Crippen molar-refractivity contribution in [1.29, 1.82) is 0 Å². The number of hydrogen-bond donors (Lipinski definition) is 3. The van der Waals surface area contributed by atoms with Crippen LogP contribution >= 0.6 is 0 Å². The number of nitrogens with zero attached hydrogens (tertiary/aromatic N) is 3. The number of H-pyrrole nitrogens is 2. The van der Waals surface area contributed by atoms with E-state index in [0.717, 1.165) is 10.9 Å². The van der Waals surface area contributed by atoms with E-state index in [-0.39, 0.29) is 29.4 Å².